The van der Waals surface area contributed by atoms with Gasteiger partial charge in [0.15, 0.2) is 0 Å². The van der Waals surface area contributed by atoms with Gasteiger partial charge in [0.05, 0.1) is 12.3 Å². The second-order valence-electron chi connectivity index (χ2n) is 6.52. The number of nitrogens with one attached hydrogen (secondary N) is 3. The molecule has 1 amide bonds. The molecule has 28 heavy (non-hydrogen) atoms. The molecule has 0 aliphatic rings. The molecule has 2 aromatic rings. The number of anilines is 1. The molecule has 1 heterocycles. The molecular formula is C18H21ClF2N4O3. The van der Waals surface area contributed by atoms with Crippen LogP contribution in [-0.4, -0.2) is 29.0 Å². The van der Waals surface area contributed by atoms with Crippen molar-refractivity contribution in [3.8, 4) is 0 Å². The Morgan fingerprint density at radius 3 is 2.68 bits per heavy atom. The van der Waals surface area contributed by atoms with E-state index in [2.05, 4.69) is 20.6 Å². The van der Waals surface area contributed by atoms with Crippen molar-refractivity contribution in [3.63, 3.8) is 0 Å². The largest absolute Gasteiger partial charge is 0.364 e. The van der Waals surface area contributed by atoms with E-state index in [4.69, 9.17) is 16.3 Å². The zero-order valence-electron chi connectivity index (χ0n) is 15.7. The molecule has 0 aliphatic carbocycles. The zero-order valence-corrected chi connectivity index (χ0v) is 16.4. The van der Waals surface area contributed by atoms with Crippen LogP contribution in [0.1, 0.15) is 32.0 Å². The van der Waals surface area contributed by atoms with Crippen LogP contribution >= 0.6 is 11.6 Å². The summed E-state index contributed by atoms with van der Waals surface area (Å²) in [6.07, 6.45) is 0. The molecule has 2 rings (SSSR count). The van der Waals surface area contributed by atoms with E-state index >= 15 is 0 Å². The van der Waals surface area contributed by atoms with E-state index in [1.165, 1.54) is 13.0 Å². The lowest BCUT2D eigenvalue weighted by Gasteiger charge is -2.26. The molecule has 0 spiro atoms. The number of H-pyrrole nitrogens is 1. The monoisotopic (exact) mass is 414 g/mol. The van der Waals surface area contributed by atoms with Crippen LogP contribution in [0.3, 0.4) is 0 Å². The van der Waals surface area contributed by atoms with E-state index in [1.807, 2.05) is 0 Å². The van der Waals surface area contributed by atoms with E-state index < -0.39 is 22.8 Å². The fourth-order valence-corrected chi connectivity index (χ4v) is 2.64. The van der Waals surface area contributed by atoms with Crippen LogP contribution in [0.2, 0.25) is 5.02 Å². The van der Waals surface area contributed by atoms with Crippen molar-refractivity contribution in [1.82, 2.24) is 15.3 Å². The first kappa shape index (κ1) is 21.8. The fraction of sp³-hybridized carbons (Fsp3) is 0.389. The van der Waals surface area contributed by atoms with E-state index in [1.54, 1.807) is 13.8 Å². The lowest BCUT2D eigenvalue weighted by molar-refractivity contribution is -0.118. The maximum atomic E-state index is 13.8. The molecule has 0 unspecified atom stereocenters. The summed E-state index contributed by atoms with van der Waals surface area (Å²) < 4.78 is 32.6. The van der Waals surface area contributed by atoms with Crippen LogP contribution in [0.4, 0.5) is 14.7 Å². The van der Waals surface area contributed by atoms with Crippen molar-refractivity contribution in [3.05, 3.63) is 56.5 Å². The Kier molecular flexibility index (Phi) is 7.09. The summed E-state index contributed by atoms with van der Waals surface area (Å²) in [6.45, 7) is 5.14. The number of benzene rings is 1. The smallest absolute Gasteiger partial charge is 0.271 e. The number of carbonyl (C=O) groups excluding carboxylic acids is 1. The highest BCUT2D eigenvalue weighted by Gasteiger charge is 2.29. The Bertz CT molecular complexity index is 918. The Hall–Kier alpha value is -2.52. The highest BCUT2D eigenvalue weighted by molar-refractivity contribution is 6.31. The van der Waals surface area contributed by atoms with Crippen molar-refractivity contribution < 1.29 is 18.3 Å². The molecule has 0 saturated carbocycles. The topological polar surface area (TPSA) is 96.1 Å². The van der Waals surface area contributed by atoms with Gasteiger partial charge in [-0.1, -0.05) is 17.7 Å². The molecule has 3 N–H and O–H groups in total. The third-order valence-corrected chi connectivity index (χ3v) is 4.18. The van der Waals surface area contributed by atoms with E-state index in [0.29, 0.717) is 13.1 Å². The van der Waals surface area contributed by atoms with Crippen molar-refractivity contribution >= 4 is 23.5 Å². The van der Waals surface area contributed by atoms with Crippen LogP contribution < -0.4 is 16.2 Å². The average Bonchev–Trinajstić information content (AvgIpc) is 2.60. The van der Waals surface area contributed by atoms with Crippen LogP contribution in [-0.2, 0) is 21.7 Å². The molecule has 0 aliphatic heterocycles. The Balaban J connectivity index is 2.16. The summed E-state index contributed by atoms with van der Waals surface area (Å²) in [6, 6.07) is 3.17. The van der Waals surface area contributed by atoms with E-state index in [9.17, 15) is 18.4 Å². The van der Waals surface area contributed by atoms with Gasteiger partial charge in [0.1, 0.15) is 22.3 Å². The van der Waals surface area contributed by atoms with Gasteiger partial charge in [0.2, 0.25) is 11.9 Å². The number of nitrogens with zero attached hydrogens (tertiary/aromatic N) is 1. The van der Waals surface area contributed by atoms with Crippen molar-refractivity contribution in [2.75, 3.05) is 18.4 Å². The summed E-state index contributed by atoms with van der Waals surface area (Å²) in [5.74, 6) is -1.45. The molecule has 0 atom stereocenters. The predicted octanol–water partition coefficient (Wildman–Crippen LogP) is 2.70. The molecule has 1 aromatic carbocycles. The number of hydrogen-bond donors (Lipinski definition) is 3. The zero-order chi connectivity index (χ0) is 20.9. The summed E-state index contributed by atoms with van der Waals surface area (Å²) in [7, 11) is 0. The highest BCUT2D eigenvalue weighted by Crippen LogP contribution is 2.29. The highest BCUT2D eigenvalue weighted by atomic mass is 35.5. The molecule has 0 fully saturated rings. The first-order chi connectivity index (χ1) is 13.1. The quantitative estimate of drug-likeness (QED) is 0.577. The molecule has 0 saturated heterocycles. The molecule has 0 bridgehead atoms. The van der Waals surface area contributed by atoms with Gasteiger partial charge >= 0.3 is 0 Å². The minimum Gasteiger partial charge on any atom is -0.364 e. The van der Waals surface area contributed by atoms with Gasteiger partial charge in [0.25, 0.3) is 5.56 Å². The number of aromatic nitrogens is 2. The molecule has 1 aromatic heterocycles. The standard InChI is InChI=1S/C18H21ClF2N4O3/c1-10(26)22-6-7-23-17-24-15(14(19)16(27)25-17)18(2,3)28-9-11-4-5-12(20)8-13(11)21/h4-5,8H,6-7,9H2,1-3H3,(H,22,26)(H2,23,24,25,27). The third kappa shape index (κ3) is 5.74. The average molecular weight is 415 g/mol. The summed E-state index contributed by atoms with van der Waals surface area (Å²) in [4.78, 5) is 29.8. The third-order valence-electron chi connectivity index (χ3n) is 3.83. The van der Waals surface area contributed by atoms with E-state index in [0.717, 1.165) is 12.1 Å². The molecule has 10 heteroatoms. The van der Waals surface area contributed by atoms with Crippen molar-refractivity contribution in [2.24, 2.45) is 0 Å². The maximum Gasteiger partial charge on any atom is 0.271 e. The summed E-state index contributed by atoms with van der Waals surface area (Å²) in [5, 5.41) is 5.32. The van der Waals surface area contributed by atoms with Crippen LogP contribution in [0, 0.1) is 11.6 Å². The van der Waals surface area contributed by atoms with E-state index in [-0.39, 0.29) is 34.7 Å². The van der Waals surface area contributed by atoms with Gasteiger partial charge in [-0.3, -0.25) is 14.6 Å². The number of ether oxygens (including phenoxy) is 1. The second kappa shape index (κ2) is 9.11. The van der Waals surface area contributed by atoms with Crippen molar-refractivity contribution in [1.29, 1.82) is 0 Å². The number of aromatic amines is 1. The van der Waals surface area contributed by atoms with Gasteiger partial charge in [-0.05, 0) is 19.9 Å². The minimum atomic E-state index is -1.14. The molecule has 0 radical (unpaired) electrons. The van der Waals surface area contributed by atoms with Crippen LogP contribution in [0.5, 0.6) is 0 Å². The van der Waals surface area contributed by atoms with Crippen LogP contribution in [0.15, 0.2) is 23.0 Å². The summed E-state index contributed by atoms with van der Waals surface area (Å²) >= 11 is 6.09. The SMILES string of the molecule is CC(=O)NCCNc1nc(C(C)(C)OCc2ccc(F)cc2F)c(Cl)c(=O)[nH]1. The normalized spacial score (nSPS) is 11.4. The number of halogens is 3. The molecular weight excluding hydrogens is 394 g/mol. The number of rotatable bonds is 8. The maximum absolute atomic E-state index is 13.8. The number of hydrogen-bond acceptors (Lipinski definition) is 5. The van der Waals surface area contributed by atoms with Gasteiger partial charge in [-0.25, -0.2) is 13.8 Å². The Labute approximate surface area is 165 Å². The molecule has 7 nitrogen and oxygen atoms in total. The number of amides is 1. The lowest BCUT2D eigenvalue weighted by atomic mass is 10.0. The second-order valence-corrected chi connectivity index (χ2v) is 6.90. The Morgan fingerprint density at radius 2 is 2.04 bits per heavy atom. The number of carbonyl (C=O) groups is 1. The van der Waals surface area contributed by atoms with Crippen molar-refractivity contribution in [2.45, 2.75) is 33.0 Å². The molecule has 152 valence electrons. The fourth-order valence-electron chi connectivity index (χ4n) is 2.33. The lowest BCUT2D eigenvalue weighted by Crippen LogP contribution is -2.30. The van der Waals surface area contributed by atoms with Gasteiger partial charge in [0, 0.05) is 31.6 Å². The van der Waals surface area contributed by atoms with Gasteiger partial charge in [-0.2, -0.15) is 0 Å². The Morgan fingerprint density at radius 1 is 1.32 bits per heavy atom. The van der Waals surface area contributed by atoms with Gasteiger partial charge in [-0.15, -0.1) is 0 Å². The first-order valence-corrected chi connectivity index (χ1v) is 8.84. The van der Waals surface area contributed by atoms with Crippen LogP contribution in [0.25, 0.3) is 0 Å². The predicted molar refractivity (Wildman–Crippen MR) is 101 cm³/mol. The first-order valence-electron chi connectivity index (χ1n) is 8.46. The summed E-state index contributed by atoms with van der Waals surface area (Å²) in [5.41, 5.74) is -1.40. The van der Waals surface area contributed by atoms with Gasteiger partial charge < -0.3 is 15.4 Å². The minimum absolute atomic E-state index is 0.152.